The molecule has 0 aliphatic carbocycles. The molecule has 0 aliphatic heterocycles. The van der Waals surface area contributed by atoms with E-state index in [1.165, 1.54) is 11.6 Å². The van der Waals surface area contributed by atoms with E-state index in [0.717, 1.165) is 18.5 Å². The lowest BCUT2D eigenvalue weighted by Crippen LogP contribution is -2.10. The number of nitro benzene ring substituents is 1. The van der Waals surface area contributed by atoms with E-state index in [1.807, 2.05) is 18.2 Å². The maximum Gasteiger partial charge on any atom is 0.288 e. The molecule has 1 unspecified atom stereocenters. The Morgan fingerprint density at radius 1 is 1.24 bits per heavy atom. The summed E-state index contributed by atoms with van der Waals surface area (Å²) in [5, 5.41) is 14.3. The molecule has 0 bridgehead atoms. The van der Waals surface area contributed by atoms with E-state index in [2.05, 4.69) is 24.4 Å². The molecule has 0 fully saturated rings. The number of nitrogens with one attached hydrogen (secondary N) is 1. The molecule has 2 rings (SSSR count). The van der Waals surface area contributed by atoms with Crippen LogP contribution < -0.4 is 5.32 Å². The summed E-state index contributed by atoms with van der Waals surface area (Å²) in [4.78, 5) is 10.3. The Balaban J connectivity index is 2.21. The van der Waals surface area contributed by atoms with Gasteiger partial charge >= 0.3 is 0 Å². The topological polar surface area (TPSA) is 55.2 Å². The number of anilines is 1. The molecule has 0 aliphatic rings. The van der Waals surface area contributed by atoms with Gasteiger partial charge in [0.2, 0.25) is 0 Å². The molecule has 4 nitrogen and oxygen atoms in total. The average Bonchev–Trinajstić information content (AvgIpc) is 2.47. The lowest BCUT2D eigenvalue weighted by Gasteiger charge is -2.20. The predicted molar refractivity (Wildman–Crippen MR) is 85.8 cm³/mol. The summed E-state index contributed by atoms with van der Waals surface area (Å²) >= 11 is 5.95. The molecule has 2 aromatic rings. The standard InChI is InChI=1S/C16H17ClN2O2/c1-2-6-15(12-7-4-3-5-8-12)18-13-9-10-16(19(20)21)14(17)11-13/h3-5,7-11,15,18H,2,6H2,1H3. The lowest BCUT2D eigenvalue weighted by atomic mass is 10.0. The van der Waals surface area contributed by atoms with Gasteiger partial charge in [-0.05, 0) is 24.1 Å². The van der Waals surface area contributed by atoms with Crippen molar-refractivity contribution in [3.05, 3.63) is 69.2 Å². The van der Waals surface area contributed by atoms with Gasteiger partial charge in [0.05, 0.1) is 11.0 Å². The fourth-order valence-electron chi connectivity index (χ4n) is 2.24. The van der Waals surface area contributed by atoms with Crippen LogP contribution >= 0.6 is 11.6 Å². The van der Waals surface area contributed by atoms with Crippen molar-refractivity contribution in [2.75, 3.05) is 5.32 Å². The molecule has 0 saturated heterocycles. The van der Waals surface area contributed by atoms with Crippen LogP contribution in [0.5, 0.6) is 0 Å². The zero-order valence-electron chi connectivity index (χ0n) is 11.8. The lowest BCUT2D eigenvalue weighted by molar-refractivity contribution is -0.384. The third-order valence-electron chi connectivity index (χ3n) is 3.26. The minimum Gasteiger partial charge on any atom is -0.378 e. The number of rotatable bonds is 6. The highest BCUT2D eigenvalue weighted by atomic mass is 35.5. The first-order valence-corrected chi connectivity index (χ1v) is 7.25. The van der Waals surface area contributed by atoms with Crippen molar-refractivity contribution in [1.29, 1.82) is 0 Å². The third kappa shape index (κ3) is 3.95. The normalized spacial score (nSPS) is 11.9. The highest BCUT2D eigenvalue weighted by molar-refractivity contribution is 6.32. The molecular weight excluding hydrogens is 288 g/mol. The molecule has 5 heteroatoms. The molecule has 0 saturated carbocycles. The molecule has 1 N–H and O–H groups in total. The van der Waals surface area contributed by atoms with Crippen molar-refractivity contribution in [1.82, 2.24) is 0 Å². The second-order valence-electron chi connectivity index (χ2n) is 4.82. The van der Waals surface area contributed by atoms with Crippen LogP contribution in [-0.2, 0) is 0 Å². The summed E-state index contributed by atoms with van der Waals surface area (Å²) in [5.74, 6) is 0. The first-order valence-electron chi connectivity index (χ1n) is 6.87. The Hall–Kier alpha value is -2.07. The van der Waals surface area contributed by atoms with Gasteiger partial charge in [0.25, 0.3) is 5.69 Å². The van der Waals surface area contributed by atoms with Gasteiger partial charge in [-0.2, -0.15) is 0 Å². The van der Waals surface area contributed by atoms with Crippen LogP contribution in [-0.4, -0.2) is 4.92 Å². The summed E-state index contributed by atoms with van der Waals surface area (Å²) in [7, 11) is 0. The molecule has 110 valence electrons. The second-order valence-corrected chi connectivity index (χ2v) is 5.23. The Kier molecular flexibility index (Phi) is 5.17. The molecule has 21 heavy (non-hydrogen) atoms. The number of halogens is 1. The predicted octanol–water partition coefficient (Wildman–Crippen LogP) is 5.20. The van der Waals surface area contributed by atoms with E-state index in [-0.39, 0.29) is 16.8 Å². The van der Waals surface area contributed by atoms with E-state index in [4.69, 9.17) is 11.6 Å². The monoisotopic (exact) mass is 304 g/mol. The van der Waals surface area contributed by atoms with Gasteiger partial charge < -0.3 is 5.32 Å². The number of hydrogen-bond donors (Lipinski definition) is 1. The Bertz CT molecular complexity index is 617. The van der Waals surface area contributed by atoms with Crippen molar-refractivity contribution < 1.29 is 4.92 Å². The van der Waals surface area contributed by atoms with E-state index in [1.54, 1.807) is 12.1 Å². The van der Waals surface area contributed by atoms with Crippen molar-refractivity contribution >= 4 is 23.0 Å². The van der Waals surface area contributed by atoms with E-state index < -0.39 is 4.92 Å². The van der Waals surface area contributed by atoms with Crippen molar-refractivity contribution in [3.8, 4) is 0 Å². The number of nitro groups is 1. The van der Waals surface area contributed by atoms with E-state index >= 15 is 0 Å². The quantitative estimate of drug-likeness (QED) is 0.589. The average molecular weight is 305 g/mol. The molecule has 0 radical (unpaired) electrons. The zero-order chi connectivity index (χ0) is 15.2. The van der Waals surface area contributed by atoms with Crippen molar-refractivity contribution in [3.63, 3.8) is 0 Å². The van der Waals surface area contributed by atoms with Gasteiger partial charge in [-0.25, -0.2) is 0 Å². The second kappa shape index (κ2) is 7.09. The molecule has 2 aromatic carbocycles. The SMILES string of the molecule is CCCC(Nc1ccc([N+](=O)[O-])c(Cl)c1)c1ccccc1. The third-order valence-corrected chi connectivity index (χ3v) is 3.57. The largest absolute Gasteiger partial charge is 0.378 e. The maximum absolute atomic E-state index is 10.8. The summed E-state index contributed by atoms with van der Waals surface area (Å²) in [6.07, 6.45) is 2.01. The van der Waals surface area contributed by atoms with Crippen molar-refractivity contribution in [2.45, 2.75) is 25.8 Å². The molecule has 0 aromatic heterocycles. The maximum atomic E-state index is 10.8. The minimum absolute atomic E-state index is 0.0750. The highest BCUT2D eigenvalue weighted by Crippen LogP contribution is 2.30. The first kappa shape index (κ1) is 15.3. The van der Waals surface area contributed by atoms with Gasteiger partial charge in [-0.1, -0.05) is 55.3 Å². The fourth-order valence-corrected chi connectivity index (χ4v) is 2.49. The minimum atomic E-state index is -0.479. The summed E-state index contributed by atoms with van der Waals surface area (Å²) in [6, 6.07) is 15.0. The summed E-state index contributed by atoms with van der Waals surface area (Å²) in [6.45, 7) is 2.13. The van der Waals surface area contributed by atoms with Gasteiger partial charge in [0.15, 0.2) is 0 Å². The van der Waals surface area contributed by atoms with Crippen molar-refractivity contribution in [2.24, 2.45) is 0 Å². The summed E-state index contributed by atoms with van der Waals surface area (Å²) < 4.78 is 0. The summed E-state index contributed by atoms with van der Waals surface area (Å²) in [5.41, 5.74) is 1.90. The van der Waals surface area contributed by atoms with Gasteiger partial charge in [0.1, 0.15) is 5.02 Å². The van der Waals surface area contributed by atoms with Gasteiger partial charge in [0, 0.05) is 11.8 Å². The van der Waals surface area contributed by atoms with E-state index in [0.29, 0.717) is 0 Å². The van der Waals surface area contributed by atoms with Crippen LogP contribution in [0.25, 0.3) is 0 Å². The molecule has 0 amide bonds. The molecular formula is C16H17ClN2O2. The number of hydrogen-bond acceptors (Lipinski definition) is 3. The molecule has 1 atom stereocenters. The van der Waals surface area contributed by atoms with Crippen LogP contribution in [0, 0.1) is 10.1 Å². The van der Waals surface area contributed by atoms with Crippen LogP contribution in [0.4, 0.5) is 11.4 Å². The van der Waals surface area contributed by atoms with Gasteiger partial charge in [-0.3, -0.25) is 10.1 Å². The molecule has 0 spiro atoms. The smallest absolute Gasteiger partial charge is 0.288 e. The van der Waals surface area contributed by atoms with Crippen LogP contribution in [0.15, 0.2) is 48.5 Å². The van der Waals surface area contributed by atoms with Crippen LogP contribution in [0.2, 0.25) is 5.02 Å². The van der Waals surface area contributed by atoms with Crippen LogP contribution in [0.3, 0.4) is 0 Å². The highest BCUT2D eigenvalue weighted by Gasteiger charge is 2.14. The number of benzene rings is 2. The van der Waals surface area contributed by atoms with E-state index in [9.17, 15) is 10.1 Å². The van der Waals surface area contributed by atoms with Crippen LogP contribution in [0.1, 0.15) is 31.4 Å². The Labute approximate surface area is 128 Å². The Morgan fingerprint density at radius 2 is 1.95 bits per heavy atom. The zero-order valence-corrected chi connectivity index (χ0v) is 12.5. The van der Waals surface area contributed by atoms with Gasteiger partial charge in [-0.15, -0.1) is 0 Å². The Morgan fingerprint density at radius 3 is 2.52 bits per heavy atom. The first-order chi connectivity index (χ1) is 10.1. The number of nitrogens with zero attached hydrogens (tertiary/aromatic N) is 1. The molecule has 0 heterocycles. The fraction of sp³-hybridized carbons (Fsp3) is 0.250.